The summed E-state index contributed by atoms with van der Waals surface area (Å²) < 4.78 is 5.92. The number of hydrogen-bond donors (Lipinski definition) is 1. The van der Waals surface area contributed by atoms with Gasteiger partial charge in [0.2, 0.25) is 0 Å². The van der Waals surface area contributed by atoms with E-state index in [1.165, 1.54) is 11.3 Å². The quantitative estimate of drug-likeness (QED) is 0.733. The first-order valence-electron chi connectivity index (χ1n) is 9.05. The summed E-state index contributed by atoms with van der Waals surface area (Å²) in [6.45, 7) is 5.29. The highest BCUT2D eigenvalue weighted by molar-refractivity contribution is 7.13. The number of hydrogen-bond acceptors (Lipinski definition) is 7. The largest absolute Gasteiger partial charge is 0.384 e. The molecule has 1 aliphatic rings. The van der Waals surface area contributed by atoms with Gasteiger partial charge in [-0.2, -0.15) is 0 Å². The highest BCUT2D eigenvalue weighted by Gasteiger charge is 2.29. The second kappa shape index (κ2) is 7.65. The van der Waals surface area contributed by atoms with Crippen LogP contribution in [0.2, 0.25) is 0 Å². The molecular weight excluding hydrogens is 374 g/mol. The molecule has 0 saturated carbocycles. The zero-order valence-corrected chi connectivity index (χ0v) is 16.6. The summed E-state index contributed by atoms with van der Waals surface area (Å²) in [6, 6.07) is 9.43. The van der Waals surface area contributed by atoms with Crippen molar-refractivity contribution in [2.45, 2.75) is 20.0 Å². The maximum absolute atomic E-state index is 12.9. The van der Waals surface area contributed by atoms with Crippen molar-refractivity contribution in [2.24, 2.45) is 0 Å². The smallest absolute Gasteiger partial charge is 0.266 e. The van der Waals surface area contributed by atoms with Gasteiger partial charge in [0.05, 0.1) is 35.2 Å². The van der Waals surface area contributed by atoms with Crippen LogP contribution in [0.1, 0.15) is 32.2 Å². The van der Waals surface area contributed by atoms with Crippen molar-refractivity contribution >= 4 is 23.1 Å². The molecule has 2 N–H and O–H groups in total. The second-order valence-corrected chi connectivity index (χ2v) is 7.88. The number of aryl methyl sites for hydroxylation is 2. The minimum absolute atomic E-state index is 0.00953. The summed E-state index contributed by atoms with van der Waals surface area (Å²) in [5.41, 5.74) is 8.92. The van der Waals surface area contributed by atoms with Crippen LogP contribution in [0.4, 0.5) is 5.82 Å². The number of aromatic nitrogens is 3. The fraction of sp³-hybridized carbons (Fsp3) is 0.300. The number of carbonyl (C=O) groups excluding carboxylic acids is 1. The number of nitrogen functional groups attached to an aromatic ring is 1. The standard InChI is InChI=1S/C20H21N5O2S/c1-12-19(28-13(2)23-12)20(26)25-8-9-27-17(11-25)16-5-3-4-15(24-16)14-6-7-18(21)22-10-14/h3-7,10,17H,8-9,11H2,1-2H3,(H2,21,22)/t17-/m0/s1. The van der Waals surface area contributed by atoms with E-state index >= 15 is 0 Å². The molecular formula is C20H21N5O2S. The molecule has 4 rings (SSSR count). The summed E-state index contributed by atoms with van der Waals surface area (Å²) >= 11 is 1.44. The maximum atomic E-state index is 12.9. The first kappa shape index (κ1) is 18.5. The van der Waals surface area contributed by atoms with Crippen molar-refractivity contribution in [3.8, 4) is 11.3 Å². The van der Waals surface area contributed by atoms with Crippen LogP contribution in [0.5, 0.6) is 0 Å². The van der Waals surface area contributed by atoms with Gasteiger partial charge in [-0.3, -0.25) is 4.79 Å². The lowest BCUT2D eigenvalue weighted by Crippen LogP contribution is -2.42. The van der Waals surface area contributed by atoms with Crippen LogP contribution in [0.15, 0.2) is 36.5 Å². The number of nitrogens with two attached hydrogens (primary N) is 1. The van der Waals surface area contributed by atoms with Crippen LogP contribution in [0.25, 0.3) is 11.3 Å². The molecule has 0 aromatic carbocycles. The average molecular weight is 395 g/mol. The fourth-order valence-corrected chi connectivity index (χ4v) is 4.12. The Hall–Kier alpha value is -2.84. The monoisotopic (exact) mass is 395 g/mol. The Labute approximate surface area is 167 Å². The number of morpholine rings is 1. The van der Waals surface area contributed by atoms with Crippen LogP contribution < -0.4 is 5.73 Å². The first-order chi connectivity index (χ1) is 13.5. The summed E-state index contributed by atoms with van der Waals surface area (Å²) in [6.07, 6.45) is 1.43. The lowest BCUT2D eigenvalue weighted by molar-refractivity contribution is -0.0245. The number of anilines is 1. The van der Waals surface area contributed by atoms with Crippen molar-refractivity contribution in [3.05, 3.63) is 57.8 Å². The zero-order valence-electron chi connectivity index (χ0n) is 15.8. The first-order valence-corrected chi connectivity index (χ1v) is 9.86. The molecule has 1 amide bonds. The topological polar surface area (TPSA) is 94.2 Å². The number of pyridine rings is 2. The van der Waals surface area contributed by atoms with Gasteiger partial charge in [0.25, 0.3) is 5.91 Å². The molecule has 3 aromatic rings. The number of ether oxygens (including phenoxy) is 1. The molecule has 3 aromatic heterocycles. The molecule has 144 valence electrons. The van der Waals surface area contributed by atoms with Crippen molar-refractivity contribution in [1.29, 1.82) is 0 Å². The van der Waals surface area contributed by atoms with Crippen molar-refractivity contribution in [2.75, 3.05) is 25.4 Å². The van der Waals surface area contributed by atoms with Crippen LogP contribution in [-0.4, -0.2) is 45.5 Å². The van der Waals surface area contributed by atoms with E-state index < -0.39 is 0 Å². The Kier molecular flexibility index (Phi) is 5.06. The summed E-state index contributed by atoms with van der Waals surface area (Å²) in [5.74, 6) is 0.480. The molecule has 1 fully saturated rings. The summed E-state index contributed by atoms with van der Waals surface area (Å²) in [7, 11) is 0. The van der Waals surface area contributed by atoms with Crippen LogP contribution >= 0.6 is 11.3 Å². The molecule has 0 bridgehead atoms. The Morgan fingerprint density at radius 3 is 2.82 bits per heavy atom. The molecule has 0 radical (unpaired) electrons. The molecule has 4 heterocycles. The van der Waals surface area contributed by atoms with Gasteiger partial charge < -0.3 is 15.4 Å². The predicted molar refractivity (Wildman–Crippen MR) is 108 cm³/mol. The van der Waals surface area contributed by atoms with Gasteiger partial charge in [0, 0.05) is 18.3 Å². The molecule has 0 unspecified atom stereocenters. The third-order valence-electron chi connectivity index (χ3n) is 4.63. The zero-order chi connectivity index (χ0) is 19.7. The molecule has 28 heavy (non-hydrogen) atoms. The third-order valence-corrected chi connectivity index (χ3v) is 5.69. The van der Waals surface area contributed by atoms with E-state index in [9.17, 15) is 4.79 Å². The average Bonchev–Trinajstić information content (AvgIpc) is 3.06. The Morgan fingerprint density at radius 2 is 2.11 bits per heavy atom. The van der Waals surface area contributed by atoms with Gasteiger partial charge >= 0.3 is 0 Å². The molecule has 1 atom stereocenters. The minimum Gasteiger partial charge on any atom is -0.384 e. The van der Waals surface area contributed by atoms with Crippen LogP contribution in [-0.2, 0) is 4.74 Å². The van der Waals surface area contributed by atoms with E-state index in [0.717, 1.165) is 27.7 Å². The lowest BCUT2D eigenvalue weighted by Gasteiger charge is -2.32. The van der Waals surface area contributed by atoms with E-state index in [1.807, 2.05) is 43.0 Å². The third kappa shape index (κ3) is 3.74. The molecule has 1 aliphatic heterocycles. The number of carbonyl (C=O) groups is 1. The Balaban J connectivity index is 1.55. The predicted octanol–water partition coefficient (Wildman–Crippen LogP) is 3.01. The van der Waals surface area contributed by atoms with Crippen LogP contribution in [0, 0.1) is 13.8 Å². The molecule has 8 heteroatoms. The molecule has 1 saturated heterocycles. The normalized spacial score (nSPS) is 16.9. The minimum atomic E-state index is -0.270. The van der Waals surface area contributed by atoms with E-state index in [2.05, 4.69) is 9.97 Å². The number of nitrogens with zero attached hydrogens (tertiary/aromatic N) is 4. The lowest BCUT2D eigenvalue weighted by atomic mass is 10.1. The van der Waals surface area contributed by atoms with E-state index in [0.29, 0.717) is 30.4 Å². The summed E-state index contributed by atoms with van der Waals surface area (Å²) in [4.78, 5) is 28.7. The highest BCUT2D eigenvalue weighted by Crippen LogP contribution is 2.26. The fourth-order valence-electron chi connectivity index (χ4n) is 3.23. The molecule has 0 spiro atoms. The molecule has 0 aliphatic carbocycles. The SMILES string of the molecule is Cc1nc(C)c(C(=O)N2CCO[C@H](c3cccc(-c4ccc(N)nc4)n3)C2)s1. The van der Waals surface area contributed by atoms with Gasteiger partial charge in [-0.25, -0.2) is 15.0 Å². The van der Waals surface area contributed by atoms with E-state index in [-0.39, 0.29) is 12.0 Å². The van der Waals surface area contributed by atoms with Crippen molar-refractivity contribution in [1.82, 2.24) is 19.9 Å². The maximum Gasteiger partial charge on any atom is 0.266 e. The van der Waals surface area contributed by atoms with Crippen molar-refractivity contribution < 1.29 is 9.53 Å². The second-order valence-electron chi connectivity index (χ2n) is 6.68. The van der Waals surface area contributed by atoms with Gasteiger partial charge in [-0.05, 0) is 38.1 Å². The number of rotatable bonds is 3. The van der Waals surface area contributed by atoms with Gasteiger partial charge in [-0.15, -0.1) is 11.3 Å². The van der Waals surface area contributed by atoms with E-state index in [1.54, 1.807) is 12.3 Å². The van der Waals surface area contributed by atoms with Gasteiger partial charge in [-0.1, -0.05) is 6.07 Å². The van der Waals surface area contributed by atoms with Crippen molar-refractivity contribution in [3.63, 3.8) is 0 Å². The van der Waals surface area contributed by atoms with Gasteiger partial charge in [0.15, 0.2) is 0 Å². The Morgan fingerprint density at radius 1 is 1.25 bits per heavy atom. The van der Waals surface area contributed by atoms with Crippen LogP contribution in [0.3, 0.4) is 0 Å². The molecule has 7 nitrogen and oxygen atoms in total. The number of amides is 1. The number of thiazole rings is 1. The summed E-state index contributed by atoms with van der Waals surface area (Å²) in [5, 5.41) is 0.900. The van der Waals surface area contributed by atoms with E-state index in [4.69, 9.17) is 15.5 Å². The van der Waals surface area contributed by atoms with Gasteiger partial charge in [0.1, 0.15) is 16.8 Å². The Bertz CT molecular complexity index is 1000. The highest BCUT2D eigenvalue weighted by atomic mass is 32.1.